The smallest absolute Gasteiger partial charge is 0.239 e. The number of hydrogen-bond acceptors (Lipinski definition) is 1. The van der Waals surface area contributed by atoms with E-state index >= 15 is 0 Å². The van der Waals surface area contributed by atoms with Crippen molar-refractivity contribution in [3.63, 3.8) is 0 Å². The summed E-state index contributed by atoms with van der Waals surface area (Å²) in [5.41, 5.74) is -0.150. The van der Waals surface area contributed by atoms with Crippen molar-refractivity contribution in [2.24, 2.45) is 0 Å². The van der Waals surface area contributed by atoms with Gasteiger partial charge < -0.3 is 0 Å². The van der Waals surface area contributed by atoms with Crippen LogP contribution in [0.1, 0.15) is 5.56 Å². The maximum absolute atomic E-state index is 12.5. The maximum Gasteiger partial charge on any atom is 0.416 e. The Kier molecular flexibility index (Phi) is 3.31. The highest BCUT2D eigenvalue weighted by Gasteiger charge is 2.30. The van der Waals surface area contributed by atoms with E-state index in [1.807, 2.05) is 0 Å². The van der Waals surface area contributed by atoms with E-state index in [1.165, 1.54) is 10.7 Å². The fourth-order valence-corrected chi connectivity index (χ4v) is 2.15. The average molecular weight is 370 g/mol. The van der Waals surface area contributed by atoms with Gasteiger partial charge in [-0.15, -0.1) is 0 Å². The Morgan fingerprint density at radius 3 is 2.35 bits per heavy atom. The van der Waals surface area contributed by atoms with E-state index in [2.05, 4.69) is 37.0 Å². The summed E-state index contributed by atoms with van der Waals surface area (Å²) in [7, 11) is 0. The summed E-state index contributed by atoms with van der Waals surface area (Å²) in [5, 5.41) is 4.00. The zero-order chi connectivity index (χ0) is 12.6. The molecule has 1 aromatic carbocycles. The van der Waals surface area contributed by atoms with Crippen molar-refractivity contribution >= 4 is 31.9 Å². The molecule has 0 radical (unpaired) electrons. The largest absolute Gasteiger partial charge is 0.416 e. The van der Waals surface area contributed by atoms with Gasteiger partial charge in [-0.1, -0.05) is 0 Å². The molecule has 0 aliphatic carbocycles. The first-order valence-corrected chi connectivity index (χ1v) is 6.04. The highest BCUT2D eigenvalue weighted by molar-refractivity contribution is 9.10. The van der Waals surface area contributed by atoms with Crippen molar-refractivity contribution < 1.29 is 13.2 Å². The fourth-order valence-electron chi connectivity index (χ4n) is 1.30. The van der Waals surface area contributed by atoms with E-state index in [9.17, 15) is 13.2 Å². The van der Waals surface area contributed by atoms with Gasteiger partial charge in [-0.25, -0.2) is 4.68 Å². The lowest BCUT2D eigenvalue weighted by Gasteiger charge is -2.09. The van der Waals surface area contributed by atoms with Gasteiger partial charge in [0.15, 0.2) is 0 Å². The number of aromatic nitrogens is 2. The Hall–Kier alpha value is -0.820. The molecule has 0 atom stereocenters. The molecule has 0 amide bonds. The van der Waals surface area contributed by atoms with E-state index in [1.54, 1.807) is 12.4 Å². The first-order valence-electron chi connectivity index (χ1n) is 4.45. The summed E-state index contributed by atoms with van der Waals surface area (Å²) >= 11 is 6.33. The quantitative estimate of drug-likeness (QED) is 0.727. The number of rotatable bonds is 1. The Labute approximate surface area is 112 Å². The van der Waals surface area contributed by atoms with E-state index < -0.39 is 11.7 Å². The van der Waals surface area contributed by atoms with Crippen molar-refractivity contribution in [3.8, 4) is 5.69 Å². The van der Waals surface area contributed by atoms with Gasteiger partial charge in [0, 0.05) is 10.7 Å². The van der Waals surface area contributed by atoms with Gasteiger partial charge in [0.25, 0.3) is 0 Å². The van der Waals surface area contributed by atoms with Crippen molar-refractivity contribution in [1.82, 2.24) is 9.78 Å². The highest BCUT2D eigenvalue weighted by atomic mass is 79.9. The van der Waals surface area contributed by atoms with Crippen LogP contribution in [0.3, 0.4) is 0 Å². The van der Waals surface area contributed by atoms with Crippen LogP contribution in [0.4, 0.5) is 13.2 Å². The molecular formula is C10H5Br2F3N2. The molecule has 0 aliphatic rings. The summed E-state index contributed by atoms with van der Waals surface area (Å²) in [6, 6.07) is 3.42. The molecule has 1 aromatic heterocycles. The van der Waals surface area contributed by atoms with Crippen LogP contribution in [-0.2, 0) is 6.18 Å². The summed E-state index contributed by atoms with van der Waals surface area (Å²) in [6.07, 6.45) is -1.12. The van der Waals surface area contributed by atoms with Gasteiger partial charge in [-0.3, -0.25) is 0 Å². The fraction of sp³-hybridized carbons (Fsp3) is 0.100. The molecule has 2 nitrogen and oxygen atoms in total. The zero-order valence-electron chi connectivity index (χ0n) is 8.17. The van der Waals surface area contributed by atoms with Crippen LogP contribution in [0.2, 0.25) is 0 Å². The summed E-state index contributed by atoms with van der Waals surface area (Å²) < 4.78 is 39.9. The maximum atomic E-state index is 12.5. The topological polar surface area (TPSA) is 17.8 Å². The normalized spacial score (nSPS) is 11.8. The van der Waals surface area contributed by atoms with Crippen LogP contribution in [0.25, 0.3) is 5.69 Å². The number of benzene rings is 1. The van der Waals surface area contributed by atoms with Crippen LogP contribution in [-0.4, -0.2) is 9.78 Å². The minimum absolute atomic E-state index is 0.336. The first-order chi connectivity index (χ1) is 7.88. The van der Waals surface area contributed by atoms with E-state index in [0.29, 0.717) is 10.2 Å². The molecule has 0 bridgehead atoms. The third-order valence-electron chi connectivity index (χ3n) is 2.07. The SMILES string of the molecule is FC(F)(F)c1ccc(-n2cc(Br)cn2)c(Br)c1. The lowest BCUT2D eigenvalue weighted by atomic mass is 10.2. The molecule has 0 fully saturated rings. The predicted octanol–water partition coefficient (Wildman–Crippen LogP) is 4.42. The van der Waals surface area contributed by atoms with Gasteiger partial charge in [0.2, 0.25) is 0 Å². The molecule has 0 saturated carbocycles. The number of hydrogen-bond donors (Lipinski definition) is 0. The summed E-state index contributed by atoms with van der Waals surface area (Å²) in [5.74, 6) is 0. The van der Waals surface area contributed by atoms with Crippen LogP contribution in [0.15, 0.2) is 39.5 Å². The predicted molar refractivity (Wildman–Crippen MR) is 64.0 cm³/mol. The van der Waals surface area contributed by atoms with Crippen molar-refractivity contribution in [2.75, 3.05) is 0 Å². The minimum atomic E-state index is -4.34. The van der Waals surface area contributed by atoms with Gasteiger partial charge >= 0.3 is 6.18 Å². The van der Waals surface area contributed by atoms with Crippen LogP contribution >= 0.6 is 31.9 Å². The molecule has 0 aliphatic heterocycles. The van der Waals surface area contributed by atoms with E-state index in [4.69, 9.17) is 0 Å². The van der Waals surface area contributed by atoms with Crippen LogP contribution in [0.5, 0.6) is 0 Å². The van der Waals surface area contributed by atoms with Gasteiger partial charge in [-0.05, 0) is 50.1 Å². The molecule has 0 unspecified atom stereocenters. The van der Waals surface area contributed by atoms with Crippen molar-refractivity contribution in [1.29, 1.82) is 0 Å². The monoisotopic (exact) mass is 368 g/mol. The molecule has 2 rings (SSSR count). The molecule has 2 aromatic rings. The van der Waals surface area contributed by atoms with Gasteiger partial charge in [0.05, 0.1) is 21.9 Å². The second kappa shape index (κ2) is 4.45. The van der Waals surface area contributed by atoms with Crippen molar-refractivity contribution in [2.45, 2.75) is 6.18 Å². The van der Waals surface area contributed by atoms with Crippen LogP contribution in [0, 0.1) is 0 Å². The molecule has 90 valence electrons. The molecule has 1 heterocycles. The minimum Gasteiger partial charge on any atom is -0.239 e. The summed E-state index contributed by atoms with van der Waals surface area (Å²) in [4.78, 5) is 0. The van der Waals surface area contributed by atoms with Crippen LogP contribution < -0.4 is 0 Å². The van der Waals surface area contributed by atoms with E-state index in [0.717, 1.165) is 16.6 Å². The van der Waals surface area contributed by atoms with Gasteiger partial charge in [0.1, 0.15) is 0 Å². The third kappa shape index (κ3) is 2.71. The summed E-state index contributed by atoms with van der Waals surface area (Å²) in [6.45, 7) is 0. The Morgan fingerprint density at radius 1 is 1.18 bits per heavy atom. The number of alkyl halides is 3. The Morgan fingerprint density at radius 2 is 1.88 bits per heavy atom. The zero-order valence-corrected chi connectivity index (χ0v) is 11.3. The Bertz CT molecular complexity index is 549. The first kappa shape index (κ1) is 12.6. The molecule has 0 saturated heterocycles. The second-order valence-electron chi connectivity index (χ2n) is 3.27. The lowest BCUT2D eigenvalue weighted by molar-refractivity contribution is -0.137. The average Bonchev–Trinajstić information content (AvgIpc) is 2.63. The molecule has 0 spiro atoms. The second-order valence-corrected chi connectivity index (χ2v) is 5.04. The van der Waals surface area contributed by atoms with Gasteiger partial charge in [-0.2, -0.15) is 18.3 Å². The highest BCUT2D eigenvalue weighted by Crippen LogP contribution is 2.33. The lowest BCUT2D eigenvalue weighted by Crippen LogP contribution is -2.06. The molecule has 0 N–H and O–H groups in total. The van der Waals surface area contributed by atoms with E-state index in [-0.39, 0.29) is 0 Å². The molecule has 17 heavy (non-hydrogen) atoms. The third-order valence-corrected chi connectivity index (χ3v) is 3.12. The molecular weight excluding hydrogens is 365 g/mol. The molecule has 7 heteroatoms. The number of nitrogens with zero attached hydrogens (tertiary/aromatic N) is 2. The standard InChI is InChI=1S/C10H5Br2F3N2/c11-7-4-16-17(5-7)9-2-1-6(3-8(9)12)10(13,14)15/h1-5H. The Balaban J connectivity index is 2.45. The number of halogens is 5. The van der Waals surface area contributed by atoms with Crippen molar-refractivity contribution in [3.05, 3.63) is 45.1 Å².